The van der Waals surface area contributed by atoms with Crippen LogP contribution < -0.4 is 10.0 Å². The van der Waals surface area contributed by atoms with Gasteiger partial charge in [-0.1, -0.05) is 6.92 Å². The minimum absolute atomic E-state index is 0.123. The van der Waals surface area contributed by atoms with Gasteiger partial charge in [0.15, 0.2) is 0 Å². The van der Waals surface area contributed by atoms with E-state index in [0.717, 1.165) is 18.2 Å². The monoisotopic (exact) mass is 318 g/mol. The number of sulfonamides is 1. The van der Waals surface area contributed by atoms with Crippen molar-refractivity contribution in [3.63, 3.8) is 0 Å². The SMILES string of the molecule is CCNCCNS(=O)(=O)c1cc(F)cc(C(=O)OCC)c1. The first-order chi connectivity index (χ1) is 9.90. The van der Waals surface area contributed by atoms with Crippen LogP contribution in [0.25, 0.3) is 0 Å². The maximum atomic E-state index is 13.5. The molecule has 0 aliphatic heterocycles. The second kappa shape index (κ2) is 8.06. The fourth-order valence-corrected chi connectivity index (χ4v) is 2.67. The summed E-state index contributed by atoms with van der Waals surface area (Å²) in [5, 5.41) is 2.95. The van der Waals surface area contributed by atoms with Crippen LogP contribution in [0.2, 0.25) is 0 Å². The molecule has 0 atom stereocenters. The number of hydrogen-bond donors (Lipinski definition) is 2. The molecule has 1 aromatic carbocycles. The number of ether oxygens (including phenoxy) is 1. The number of benzene rings is 1. The van der Waals surface area contributed by atoms with E-state index in [0.29, 0.717) is 13.1 Å². The average Bonchev–Trinajstić information content (AvgIpc) is 2.43. The Bertz CT molecular complexity index is 590. The zero-order valence-corrected chi connectivity index (χ0v) is 12.8. The van der Waals surface area contributed by atoms with Crippen molar-refractivity contribution in [3.8, 4) is 0 Å². The largest absolute Gasteiger partial charge is 0.462 e. The molecular weight excluding hydrogens is 299 g/mol. The van der Waals surface area contributed by atoms with Crippen molar-refractivity contribution in [1.82, 2.24) is 10.0 Å². The highest BCUT2D eigenvalue weighted by Gasteiger charge is 2.18. The molecule has 0 fully saturated rings. The van der Waals surface area contributed by atoms with Gasteiger partial charge in [-0.3, -0.25) is 0 Å². The molecule has 118 valence electrons. The maximum absolute atomic E-state index is 13.5. The third-order valence-corrected chi connectivity index (χ3v) is 3.98. The molecule has 0 unspecified atom stereocenters. The van der Waals surface area contributed by atoms with Crippen LogP contribution in [-0.4, -0.2) is 40.6 Å². The summed E-state index contributed by atoms with van der Waals surface area (Å²) in [5.74, 6) is -1.58. The van der Waals surface area contributed by atoms with E-state index in [2.05, 4.69) is 10.0 Å². The Hall–Kier alpha value is -1.51. The molecule has 0 aromatic heterocycles. The molecule has 1 aromatic rings. The second-order valence-electron chi connectivity index (χ2n) is 4.15. The van der Waals surface area contributed by atoms with Crippen LogP contribution in [0.3, 0.4) is 0 Å². The number of rotatable bonds is 8. The minimum atomic E-state index is -3.87. The lowest BCUT2D eigenvalue weighted by Crippen LogP contribution is -2.32. The molecule has 0 saturated carbocycles. The Labute approximate surface area is 123 Å². The third kappa shape index (κ3) is 5.41. The van der Waals surface area contributed by atoms with E-state index in [1.165, 1.54) is 0 Å². The molecule has 0 amide bonds. The number of esters is 1. The zero-order valence-electron chi connectivity index (χ0n) is 12.0. The lowest BCUT2D eigenvalue weighted by Gasteiger charge is -2.09. The quantitative estimate of drug-likeness (QED) is 0.549. The zero-order chi connectivity index (χ0) is 15.9. The highest BCUT2D eigenvalue weighted by molar-refractivity contribution is 7.89. The normalized spacial score (nSPS) is 11.4. The van der Waals surface area contributed by atoms with Crippen molar-refractivity contribution >= 4 is 16.0 Å². The van der Waals surface area contributed by atoms with Crippen LogP contribution in [0, 0.1) is 5.82 Å². The predicted octanol–water partition coefficient (Wildman–Crippen LogP) is 0.890. The number of likely N-dealkylation sites (N-methyl/N-ethyl adjacent to an activating group) is 1. The average molecular weight is 318 g/mol. The van der Waals surface area contributed by atoms with Crippen molar-refractivity contribution in [2.24, 2.45) is 0 Å². The standard InChI is InChI=1S/C13H19FN2O4S/c1-3-15-5-6-16-21(18,19)12-8-10(7-11(14)9-12)13(17)20-4-2/h7-9,15-16H,3-6H2,1-2H3. The van der Waals surface area contributed by atoms with E-state index in [1.807, 2.05) is 6.92 Å². The number of hydrogen-bond acceptors (Lipinski definition) is 5. The van der Waals surface area contributed by atoms with Gasteiger partial charge in [0.1, 0.15) is 5.82 Å². The molecule has 0 radical (unpaired) electrons. The molecule has 1 rings (SSSR count). The molecular formula is C13H19FN2O4S. The molecule has 0 heterocycles. The van der Waals surface area contributed by atoms with Crippen LogP contribution in [0.15, 0.2) is 23.1 Å². The number of carbonyl (C=O) groups excluding carboxylic acids is 1. The van der Waals surface area contributed by atoms with Gasteiger partial charge in [-0.05, 0) is 31.7 Å². The Balaban J connectivity index is 2.93. The van der Waals surface area contributed by atoms with Gasteiger partial charge in [0.25, 0.3) is 0 Å². The van der Waals surface area contributed by atoms with Crippen molar-refractivity contribution in [1.29, 1.82) is 0 Å². The Morgan fingerprint density at radius 1 is 1.24 bits per heavy atom. The van der Waals surface area contributed by atoms with E-state index in [1.54, 1.807) is 6.92 Å². The van der Waals surface area contributed by atoms with Crippen LogP contribution in [0.5, 0.6) is 0 Å². The van der Waals surface area contributed by atoms with Crippen LogP contribution in [0.4, 0.5) is 4.39 Å². The summed E-state index contributed by atoms with van der Waals surface area (Å²) < 4.78 is 44.6. The molecule has 2 N–H and O–H groups in total. The van der Waals surface area contributed by atoms with E-state index < -0.39 is 21.8 Å². The van der Waals surface area contributed by atoms with Gasteiger partial charge in [-0.2, -0.15) is 0 Å². The topological polar surface area (TPSA) is 84.5 Å². The number of nitrogens with one attached hydrogen (secondary N) is 2. The molecule has 21 heavy (non-hydrogen) atoms. The summed E-state index contributed by atoms with van der Waals surface area (Å²) in [6.07, 6.45) is 0. The molecule has 6 nitrogen and oxygen atoms in total. The molecule has 0 aliphatic rings. The molecule has 0 saturated heterocycles. The summed E-state index contributed by atoms with van der Waals surface area (Å²) in [6.45, 7) is 4.97. The Morgan fingerprint density at radius 2 is 1.95 bits per heavy atom. The lowest BCUT2D eigenvalue weighted by atomic mass is 10.2. The second-order valence-corrected chi connectivity index (χ2v) is 5.91. The fraction of sp³-hybridized carbons (Fsp3) is 0.462. The van der Waals surface area contributed by atoms with Crippen molar-refractivity contribution in [2.75, 3.05) is 26.2 Å². The van der Waals surface area contributed by atoms with Gasteiger partial charge >= 0.3 is 5.97 Å². The van der Waals surface area contributed by atoms with Gasteiger partial charge in [0, 0.05) is 13.1 Å². The summed E-state index contributed by atoms with van der Waals surface area (Å²) >= 11 is 0. The van der Waals surface area contributed by atoms with E-state index in [9.17, 15) is 17.6 Å². The lowest BCUT2D eigenvalue weighted by molar-refractivity contribution is 0.0525. The summed E-state index contributed by atoms with van der Waals surface area (Å²) in [5.41, 5.74) is -0.135. The Kier molecular flexibility index (Phi) is 6.73. The van der Waals surface area contributed by atoms with Crippen molar-refractivity contribution in [3.05, 3.63) is 29.6 Å². The van der Waals surface area contributed by atoms with Crippen LogP contribution in [-0.2, 0) is 14.8 Å². The van der Waals surface area contributed by atoms with Crippen molar-refractivity contribution < 1.29 is 22.3 Å². The summed E-state index contributed by atoms with van der Waals surface area (Å²) in [4.78, 5) is 11.3. The van der Waals surface area contributed by atoms with E-state index in [-0.39, 0.29) is 23.6 Å². The number of carbonyl (C=O) groups is 1. The summed E-state index contributed by atoms with van der Waals surface area (Å²) in [6, 6.07) is 2.89. The van der Waals surface area contributed by atoms with Crippen LogP contribution >= 0.6 is 0 Å². The predicted molar refractivity (Wildman–Crippen MR) is 76.1 cm³/mol. The fourth-order valence-electron chi connectivity index (χ4n) is 1.58. The first kappa shape index (κ1) is 17.5. The Morgan fingerprint density at radius 3 is 2.57 bits per heavy atom. The van der Waals surface area contributed by atoms with Gasteiger partial charge in [-0.15, -0.1) is 0 Å². The minimum Gasteiger partial charge on any atom is -0.462 e. The molecule has 0 spiro atoms. The van der Waals surface area contributed by atoms with Gasteiger partial charge in [0.2, 0.25) is 10.0 Å². The summed E-state index contributed by atoms with van der Waals surface area (Å²) in [7, 11) is -3.87. The van der Waals surface area contributed by atoms with E-state index in [4.69, 9.17) is 4.74 Å². The first-order valence-corrected chi connectivity index (χ1v) is 8.07. The van der Waals surface area contributed by atoms with Gasteiger partial charge < -0.3 is 10.1 Å². The first-order valence-electron chi connectivity index (χ1n) is 6.58. The third-order valence-electron chi connectivity index (χ3n) is 2.54. The van der Waals surface area contributed by atoms with Gasteiger partial charge in [-0.25, -0.2) is 22.3 Å². The highest BCUT2D eigenvalue weighted by atomic mass is 32.2. The molecule has 0 aliphatic carbocycles. The highest BCUT2D eigenvalue weighted by Crippen LogP contribution is 2.15. The number of halogens is 1. The van der Waals surface area contributed by atoms with Crippen LogP contribution in [0.1, 0.15) is 24.2 Å². The van der Waals surface area contributed by atoms with Crippen molar-refractivity contribution in [2.45, 2.75) is 18.7 Å². The molecule has 0 bridgehead atoms. The molecule has 8 heteroatoms. The van der Waals surface area contributed by atoms with Gasteiger partial charge in [0.05, 0.1) is 17.1 Å². The van der Waals surface area contributed by atoms with E-state index >= 15 is 0 Å². The smallest absolute Gasteiger partial charge is 0.338 e. The maximum Gasteiger partial charge on any atom is 0.338 e.